The summed E-state index contributed by atoms with van der Waals surface area (Å²) < 4.78 is 0.668. The van der Waals surface area contributed by atoms with Crippen molar-refractivity contribution >= 4 is 28.8 Å². The zero-order valence-corrected chi connectivity index (χ0v) is 10.9. The number of carbonyl (C=O) groups excluding carboxylic acids is 1. The summed E-state index contributed by atoms with van der Waals surface area (Å²) in [5.41, 5.74) is 0. The van der Waals surface area contributed by atoms with Crippen LogP contribution in [-0.2, 0) is 0 Å². The van der Waals surface area contributed by atoms with Crippen molar-refractivity contribution in [1.82, 2.24) is 5.32 Å². The molecule has 2 rings (SSSR count). The van der Waals surface area contributed by atoms with E-state index in [1.165, 1.54) is 30.6 Å². The van der Waals surface area contributed by atoms with Crippen LogP contribution in [0.25, 0.3) is 0 Å². The second kappa shape index (κ2) is 5.19. The van der Waals surface area contributed by atoms with Crippen LogP contribution < -0.4 is 5.32 Å². The molecule has 1 saturated carbocycles. The molecule has 16 heavy (non-hydrogen) atoms. The summed E-state index contributed by atoms with van der Waals surface area (Å²) in [5, 5.41) is 3.11. The number of hydrogen-bond donors (Lipinski definition) is 1. The monoisotopic (exact) mass is 257 g/mol. The zero-order valence-electron chi connectivity index (χ0n) is 9.33. The number of nitrogens with one attached hydrogen (secondary N) is 1. The van der Waals surface area contributed by atoms with E-state index in [-0.39, 0.29) is 5.91 Å². The molecule has 1 aromatic heterocycles. The molecular weight excluding hydrogens is 242 g/mol. The molecule has 0 unspecified atom stereocenters. The first-order valence-corrected chi connectivity index (χ1v) is 6.92. The third-order valence-corrected chi connectivity index (χ3v) is 4.45. The van der Waals surface area contributed by atoms with Crippen LogP contribution >= 0.6 is 22.9 Å². The number of halogens is 1. The molecule has 1 aliphatic rings. The summed E-state index contributed by atoms with van der Waals surface area (Å²) in [6.07, 6.45) is 4.83. The van der Waals surface area contributed by atoms with E-state index in [1.807, 2.05) is 0 Å². The van der Waals surface area contributed by atoms with Crippen LogP contribution in [0.3, 0.4) is 0 Å². The highest BCUT2D eigenvalue weighted by molar-refractivity contribution is 7.17. The van der Waals surface area contributed by atoms with E-state index in [4.69, 9.17) is 11.6 Å². The molecule has 1 fully saturated rings. The van der Waals surface area contributed by atoms with Crippen LogP contribution in [-0.4, -0.2) is 11.9 Å². The van der Waals surface area contributed by atoms with Gasteiger partial charge in [0, 0.05) is 6.04 Å². The number of carbonyl (C=O) groups is 1. The molecule has 0 bridgehead atoms. The molecule has 1 aliphatic carbocycles. The average molecular weight is 258 g/mol. The lowest BCUT2D eigenvalue weighted by atomic mass is 9.86. The number of thiophene rings is 1. The maximum absolute atomic E-state index is 11.9. The highest BCUT2D eigenvalue weighted by atomic mass is 35.5. The van der Waals surface area contributed by atoms with E-state index in [0.717, 1.165) is 6.42 Å². The van der Waals surface area contributed by atoms with Gasteiger partial charge in [-0.2, -0.15) is 0 Å². The summed E-state index contributed by atoms with van der Waals surface area (Å²) in [5.74, 6) is 0.615. The summed E-state index contributed by atoms with van der Waals surface area (Å²) in [7, 11) is 0. The van der Waals surface area contributed by atoms with Crippen LogP contribution in [0.1, 0.15) is 42.3 Å². The van der Waals surface area contributed by atoms with Crippen molar-refractivity contribution in [2.75, 3.05) is 0 Å². The van der Waals surface area contributed by atoms with Crippen LogP contribution in [0.15, 0.2) is 12.1 Å². The van der Waals surface area contributed by atoms with Gasteiger partial charge in [0.25, 0.3) is 5.91 Å². The fraction of sp³-hybridized carbons (Fsp3) is 0.583. The van der Waals surface area contributed by atoms with E-state index < -0.39 is 0 Å². The van der Waals surface area contributed by atoms with Gasteiger partial charge in [0.2, 0.25) is 0 Å². The summed E-state index contributed by atoms with van der Waals surface area (Å²) >= 11 is 7.15. The number of rotatable bonds is 2. The van der Waals surface area contributed by atoms with Gasteiger partial charge in [0.05, 0.1) is 9.21 Å². The molecule has 1 N–H and O–H groups in total. The van der Waals surface area contributed by atoms with Crippen molar-refractivity contribution in [3.05, 3.63) is 21.3 Å². The molecule has 1 heterocycles. The van der Waals surface area contributed by atoms with Crippen molar-refractivity contribution in [2.45, 2.75) is 38.6 Å². The summed E-state index contributed by atoms with van der Waals surface area (Å²) in [6.45, 7) is 2.21. The molecule has 88 valence electrons. The van der Waals surface area contributed by atoms with Gasteiger partial charge in [-0.15, -0.1) is 11.3 Å². The highest BCUT2D eigenvalue weighted by Gasteiger charge is 2.23. The predicted molar refractivity (Wildman–Crippen MR) is 68.2 cm³/mol. The van der Waals surface area contributed by atoms with Gasteiger partial charge in [-0.1, -0.05) is 31.4 Å². The lowest BCUT2D eigenvalue weighted by Gasteiger charge is -2.29. The molecular formula is C12H16ClNOS. The lowest BCUT2D eigenvalue weighted by molar-refractivity contribution is 0.0914. The minimum atomic E-state index is 0.0238. The Morgan fingerprint density at radius 3 is 2.81 bits per heavy atom. The van der Waals surface area contributed by atoms with Gasteiger partial charge in [-0.05, 0) is 30.9 Å². The lowest BCUT2D eigenvalue weighted by Crippen LogP contribution is -2.40. The maximum Gasteiger partial charge on any atom is 0.261 e. The second-order valence-electron chi connectivity index (χ2n) is 4.45. The molecule has 1 amide bonds. The van der Waals surface area contributed by atoms with Crippen LogP contribution in [0.4, 0.5) is 0 Å². The van der Waals surface area contributed by atoms with Crippen LogP contribution in [0.2, 0.25) is 4.34 Å². The third kappa shape index (κ3) is 2.77. The van der Waals surface area contributed by atoms with Crippen molar-refractivity contribution in [1.29, 1.82) is 0 Å². The Hall–Kier alpha value is -0.540. The van der Waals surface area contributed by atoms with Gasteiger partial charge < -0.3 is 5.32 Å². The topological polar surface area (TPSA) is 29.1 Å². The van der Waals surface area contributed by atoms with Gasteiger partial charge in [-0.25, -0.2) is 0 Å². The molecule has 0 aromatic carbocycles. The van der Waals surface area contributed by atoms with E-state index in [2.05, 4.69) is 12.2 Å². The first-order valence-electron chi connectivity index (χ1n) is 5.73. The first kappa shape index (κ1) is 11.9. The molecule has 0 aliphatic heterocycles. The van der Waals surface area contributed by atoms with E-state index >= 15 is 0 Å². The molecule has 0 radical (unpaired) electrons. The smallest absolute Gasteiger partial charge is 0.261 e. The van der Waals surface area contributed by atoms with E-state index in [0.29, 0.717) is 21.2 Å². The molecule has 4 heteroatoms. The van der Waals surface area contributed by atoms with Crippen molar-refractivity contribution in [3.63, 3.8) is 0 Å². The summed E-state index contributed by atoms with van der Waals surface area (Å²) in [6, 6.07) is 3.89. The Morgan fingerprint density at radius 1 is 1.44 bits per heavy atom. The number of hydrogen-bond acceptors (Lipinski definition) is 2. The Balaban J connectivity index is 1.96. The molecule has 0 saturated heterocycles. The minimum absolute atomic E-state index is 0.0238. The number of amides is 1. The van der Waals surface area contributed by atoms with Crippen molar-refractivity contribution in [2.24, 2.45) is 5.92 Å². The molecule has 2 atom stereocenters. The van der Waals surface area contributed by atoms with Crippen molar-refractivity contribution < 1.29 is 4.79 Å². The predicted octanol–water partition coefficient (Wildman–Crippen LogP) is 3.71. The minimum Gasteiger partial charge on any atom is -0.348 e. The SMILES string of the molecule is C[C@H]1CCCC[C@@H]1NC(=O)c1ccc(Cl)s1. The third-order valence-electron chi connectivity index (χ3n) is 3.22. The summed E-state index contributed by atoms with van der Waals surface area (Å²) in [4.78, 5) is 12.6. The van der Waals surface area contributed by atoms with Crippen molar-refractivity contribution in [3.8, 4) is 0 Å². The first-order chi connectivity index (χ1) is 7.66. The Bertz CT molecular complexity index is 377. The normalized spacial score (nSPS) is 25.4. The van der Waals surface area contributed by atoms with Crippen LogP contribution in [0.5, 0.6) is 0 Å². The largest absolute Gasteiger partial charge is 0.348 e. The Labute approximate surface area is 105 Å². The van der Waals surface area contributed by atoms with E-state index in [1.54, 1.807) is 12.1 Å². The molecule has 0 spiro atoms. The fourth-order valence-electron chi connectivity index (χ4n) is 2.21. The maximum atomic E-state index is 11.9. The quantitative estimate of drug-likeness (QED) is 0.860. The van der Waals surface area contributed by atoms with Crippen LogP contribution in [0, 0.1) is 5.92 Å². The Kier molecular flexibility index (Phi) is 3.87. The second-order valence-corrected chi connectivity index (χ2v) is 6.16. The van der Waals surface area contributed by atoms with Gasteiger partial charge in [-0.3, -0.25) is 4.79 Å². The molecule has 2 nitrogen and oxygen atoms in total. The van der Waals surface area contributed by atoms with Gasteiger partial charge in [0.15, 0.2) is 0 Å². The zero-order chi connectivity index (χ0) is 11.5. The van der Waals surface area contributed by atoms with Gasteiger partial charge >= 0.3 is 0 Å². The Morgan fingerprint density at radius 2 is 2.19 bits per heavy atom. The standard InChI is InChI=1S/C12H16ClNOS/c1-8-4-2-3-5-9(8)14-12(15)10-6-7-11(13)16-10/h6-9H,2-5H2,1H3,(H,14,15)/t8-,9-/m0/s1. The molecule has 1 aromatic rings. The average Bonchev–Trinajstić information content (AvgIpc) is 2.68. The highest BCUT2D eigenvalue weighted by Crippen LogP contribution is 2.25. The fourth-order valence-corrected chi connectivity index (χ4v) is 3.15. The van der Waals surface area contributed by atoms with Gasteiger partial charge in [0.1, 0.15) is 0 Å². The van der Waals surface area contributed by atoms with E-state index in [9.17, 15) is 4.79 Å².